The number of hydrogen-bond acceptors (Lipinski definition) is 4. The Morgan fingerprint density at radius 2 is 1.52 bits per heavy atom. The lowest BCUT2D eigenvalue weighted by molar-refractivity contribution is -0.208. The summed E-state index contributed by atoms with van der Waals surface area (Å²) in [4.78, 5) is 23.2. The summed E-state index contributed by atoms with van der Waals surface area (Å²) < 4.78 is 26.6. The Morgan fingerprint density at radius 3 is 1.93 bits per heavy atom. The van der Waals surface area contributed by atoms with Gasteiger partial charge in [0.1, 0.15) is 5.82 Å². The van der Waals surface area contributed by atoms with E-state index in [0.717, 1.165) is 13.8 Å². The molecule has 1 aliphatic heterocycles. The fraction of sp³-hybridized carbons (Fsp3) is 0.333. The highest BCUT2D eigenvalue weighted by Gasteiger charge is 2.71. The van der Waals surface area contributed by atoms with Crippen LogP contribution in [0, 0.1) is 5.82 Å². The number of aliphatic carboxylic acids is 2. The monoisotopic (exact) mass is 466 g/mol. The van der Waals surface area contributed by atoms with Crippen molar-refractivity contribution in [3.05, 3.63) is 59.9 Å². The lowest BCUT2D eigenvalue weighted by Gasteiger charge is -2.32. The van der Waals surface area contributed by atoms with Crippen LogP contribution in [-0.4, -0.2) is 38.2 Å². The van der Waals surface area contributed by atoms with E-state index in [1.54, 1.807) is 37.3 Å². The van der Waals surface area contributed by atoms with Gasteiger partial charge in [0.15, 0.2) is 0 Å². The van der Waals surface area contributed by atoms with E-state index in [2.05, 4.69) is 15.9 Å². The fourth-order valence-corrected chi connectivity index (χ4v) is 3.86. The molecule has 3 rings (SSSR count). The van der Waals surface area contributed by atoms with Crippen molar-refractivity contribution in [1.29, 1.82) is 0 Å². The molecule has 0 aliphatic carbocycles. The Bertz CT molecular complexity index is 935. The van der Waals surface area contributed by atoms with Gasteiger partial charge in [-0.3, -0.25) is 0 Å². The van der Waals surface area contributed by atoms with E-state index in [9.17, 15) is 24.2 Å². The van der Waals surface area contributed by atoms with Gasteiger partial charge in [0, 0.05) is 11.1 Å². The second-order valence-corrected chi connectivity index (χ2v) is 8.60. The number of ether oxygens (including phenoxy) is 2. The summed E-state index contributed by atoms with van der Waals surface area (Å²) in [6.45, 7) is 3.88. The molecule has 0 saturated carbocycles. The van der Waals surface area contributed by atoms with Gasteiger partial charge in [0.25, 0.3) is 0 Å². The minimum Gasteiger partial charge on any atom is -0.479 e. The molecule has 0 aromatic heterocycles. The van der Waals surface area contributed by atoms with Gasteiger partial charge in [-0.1, -0.05) is 58.4 Å². The van der Waals surface area contributed by atoms with Crippen molar-refractivity contribution in [3.63, 3.8) is 0 Å². The van der Waals surface area contributed by atoms with Gasteiger partial charge in [0.2, 0.25) is 17.0 Å². The Balaban J connectivity index is 2.15. The SMILES string of the molecule is C[C@H](Br)C1(c2ccc(-c3ccccc3)c(F)c2)O[C@@](C)(C(=O)O)[C@](C)(C(=O)O)O1. The smallest absolute Gasteiger partial charge is 0.339 e. The first kappa shape index (κ1) is 21.4. The third kappa shape index (κ3) is 3.15. The number of carboxylic acids is 2. The van der Waals surface area contributed by atoms with Crippen LogP contribution in [0.3, 0.4) is 0 Å². The second-order valence-electron chi connectivity index (χ2n) is 7.23. The highest BCUT2D eigenvalue weighted by molar-refractivity contribution is 9.09. The summed E-state index contributed by atoms with van der Waals surface area (Å²) in [6.07, 6.45) is 0. The molecule has 1 aliphatic rings. The lowest BCUT2D eigenvalue weighted by Crippen LogP contribution is -2.57. The molecule has 0 amide bonds. The van der Waals surface area contributed by atoms with E-state index < -0.39 is 39.6 Å². The molecule has 1 saturated heterocycles. The van der Waals surface area contributed by atoms with Crippen molar-refractivity contribution in [1.82, 2.24) is 0 Å². The molecule has 2 aromatic carbocycles. The number of halogens is 2. The van der Waals surface area contributed by atoms with Crippen molar-refractivity contribution in [2.24, 2.45) is 0 Å². The normalized spacial score (nSPS) is 26.8. The van der Waals surface area contributed by atoms with Crippen LogP contribution in [0.15, 0.2) is 48.5 Å². The molecule has 2 N–H and O–H groups in total. The Morgan fingerprint density at radius 1 is 1.00 bits per heavy atom. The van der Waals surface area contributed by atoms with Crippen LogP contribution in [0.4, 0.5) is 4.39 Å². The van der Waals surface area contributed by atoms with E-state index in [-0.39, 0.29) is 5.56 Å². The maximum absolute atomic E-state index is 15.0. The zero-order chi connectivity index (χ0) is 21.6. The minimum absolute atomic E-state index is 0.163. The van der Waals surface area contributed by atoms with E-state index in [1.807, 2.05) is 6.07 Å². The third-order valence-corrected chi connectivity index (χ3v) is 6.02. The molecular formula is C21H20BrFO6. The first-order chi connectivity index (χ1) is 13.5. The maximum Gasteiger partial charge on any atom is 0.339 e. The summed E-state index contributed by atoms with van der Waals surface area (Å²) in [5, 5.41) is 19.4. The number of carbonyl (C=O) groups is 2. The van der Waals surface area contributed by atoms with Crippen LogP contribution in [0.25, 0.3) is 11.1 Å². The van der Waals surface area contributed by atoms with Gasteiger partial charge >= 0.3 is 11.9 Å². The fourth-order valence-electron chi connectivity index (χ4n) is 3.41. The van der Waals surface area contributed by atoms with Crippen LogP contribution in [-0.2, 0) is 24.8 Å². The standard InChI is InChI=1S/C21H20BrFO6/c1-12(22)21(28-19(2,17(24)25)20(3,29-21)18(26)27)14-9-10-15(16(23)11-14)13-7-5-4-6-8-13/h4-12H,1-3H3,(H,24,25)(H,26,27)/t12-,19-,20-/m0/s1. The first-order valence-corrected chi connectivity index (χ1v) is 9.76. The Kier molecular flexibility index (Phi) is 5.31. The van der Waals surface area contributed by atoms with Gasteiger partial charge in [-0.2, -0.15) is 0 Å². The number of benzene rings is 2. The van der Waals surface area contributed by atoms with Crippen molar-refractivity contribution < 1.29 is 33.7 Å². The predicted octanol–water partition coefficient (Wildman–Crippen LogP) is 4.16. The highest BCUT2D eigenvalue weighted by atomic mass is 79.9. The van der Waals surface area contributed by atoms with Gasteiger partial charge in [-0.25, -0.2) is 14.0 Å². The molecule has 1 fully saturated rings. The molecule has 1 heterocycles. The molecule has 0 bridgehead atoms. The number of alkyl halides is 1. The van der Waals surface area contributed by atoms with Crippen molar-refractivity contribution in [2.75, 3.05) is 0 Å². The van der Waals surface area contributed by atoms with E-state index in [1.165, 1.54) is 12.1 Å². The lowest BCUT2D eigenvalue weighted by atomic mass is 9.86. The molecule has 0 unspecified atom stereocenters. The number of carboxylic acid groups (broad SMARTS) is 2. The molecule has 6 nitrogen and oxygen atoms in total. The maximum atomic E-state index is 15.0. The minimum atomic E-state index is -2.21. The number of hydrogen-bond donors (Lipinski definition) is 2. The summed E-state index contributed by atoms with van der Waals surface area (Å²) in [6, 6.07) is 13.1. The zero-order valence-corrected chi connectivity index (χ0v) is 17.6. The topological polar surface area (TPSA) is 93.1 Å². The van der Waals surface area contributed by atoms with Crippen LogP contribution in [0.2, 0.25) is 0 Å². The van der Waals surface area contributed by atoms with Gasteiger partial charge in [-0.15, -0.1) is 0 Å². The average Bonchev–Trinajstić information content (AvgIpc) is 2.94. The van der Waals surface area contributed by atoms with Gasteiger partial charge in [-0.05, 0) is 32.4 Å². The van der Waals surface area contributed by atoms with Gasteiger partial charge < -0.3 is 19.7 Å². The first-order valence-electron chi connectivity index (χ1n) is 8.84. The van der Waals surface area contributed by atoms with Crippen LogP contribution >= 0.6 is 15.9 Å². The highest BCUT2D eigenvalue weighted by Crippen LogP contribution is 2.53. The van der Waals surface area contributed by atoms with Crippen LogP contribution in [0.5, 0.6) is 0 Å². The molecule has 154 valence electrons. The molecule has 3 atom stereocenters. The van der Waals surface area contributed by atoms with Crippen LogP contribution in [0.1, 0.15) is 26.3 Å². The summed E-state index contributed by atoms with van der Waals surface area (Å²) in [5.74, 6) is -5.41. The molecule has 0 radical (unpaired) electrons. The second kappa shape index (κ2) is 7.19. The molecule has 8 heteroatoms. The molecule has 0 spiro atoms. The summed E-state index contributed by atoms with van der Waals surface area (Å²) in [5.41, 5.74) is -3.26. The Hall–Kier alpha value is -2.29. The van der Waals surface area contributed by atoms with Crippen LogP contribution < -0.4 is 0 Å². The van der Waals surface area contributed by atoms with E-state index >= 15 is 0 Å². The quantitative estimate of drug-likeness (QED) is 0.642. The number of rotatable bonds is 5. The van der Waals surface area contributed by atoms with E-state index in [0.29, 0.717) is 11.1 Å². The van der Waals surface area contributed by atoms with Crippen molar-refractivity contribution in [2.45, 2.75) is 42.6 Å². The van der Waals surface area contributed by atoms with Crippen molar-refractivity contribution in [3.8, 4) is 11.1 Å². The summed E-state index contributed by atoms with van der Waals surface area (Å²) in [7, 11) is 0. The predicted molar refractivity (Wildman–Crippen MR) is 106 cm³/mol. The van der Waals surface area contributed by atoms with Crippen molar-refractivity contribution >= 4 is 27.9 Å². The molecule has 2 aromatic rings. The molecule has 29 heavy (non-hydrogen) atoms. The Labute approximate surface area is 175 Å². The third-order valence-electron chi connectivity index (χ3n) is 5.42. The molecular weight excluding hydrogens is 447 g/mol. The average molecular weight is 467 g/mol. The summed E-state index contributed by atoms with van der Waals surface area (Å²) >= 11 is 3.33. The van der Waals surface area contributed by atoms with Gasteiger partial charge in [0.05, 0.1) is 4.83 Å². The van der Waals surface area contributed by atoms with E-state index in [4.69, 9.17) is 9.47 Å². The largest absolute Gasteiger partial charge is 0.479 e. The zero-order valence-electron chi connectivity index (χ0n) is 16.0.